The predicted octanol–water partition coefficient (Wildman–Crippen LogP) is 2.39. The topological polar surface area (TPSA) is 98.3 Å². The first-order valence-corrected chi connectivity index (χ1v) is 9.50. The summed E-state index contributed by atoms with van der Waals surface area (Å²) in [5.41, 5.74) is 0. The third kappa shape index (κ3) is 5.15. The first-order chi connectivity index (χ1) is 10.9. The number of halogens is 1. The Morgan fingerprint density at radius 1 is 1.30 bits per heavy atom. The van der Waals surface area contributed by atoms with Gasteiger partial charge in [0.25, 0.3) is 5.91 Å². The van der Waals surface area contributed by atoms with Crippen molar-refractivity contribution in [3.05, 3.63) is 29.3 Å². The van der Waals surface area contributed by atoms with Crippen molar-refractivity contribution in [2.75, 3.05) is 17.7 Å². The number of ether oxygens (including phenoxy) is 1. The molecule has 0 bridgehead atoms. The molecule has 1 amide bonds. The monoisotopic (exact) mass is 375 g/mol. The fourth-order valence-corrected chi connectivity index (χ4v) is 4.07. The quantitative estimate of drug-likeness (QED) is 0.746. The van der Waals surface area contributed by atoms with Crippen LogP contribution in [-0.4, -0.2) is 36.9 Å². The van der Waals surface area contributed by atoms with E-state index in [9.17, 15) is 13.2 Å². The Morgan fingerprint density at radius 2 is 2.00 bits per heavy atom. The van der Waals surface area contributed by atoms with Crippen LogP contribution in [0.3, 0.4) is 0 Å². The Labute approximate surface area is 142 Å². The number of aromatic nitrogens is 2. The normalized spacial score (nSPS) is 11.2. The van der Waals surface area contributed by atoms with Crippen LogP contribution in [0.15, 0.2) is 28.6 Å². The van der Waals surface area contributed by atoms with Crippen LogP contribution < -0.4 is 10.1 Å². The molecule has 0 unspecified atom stereocenters. The summed E-state index contributed by atoms with van der Waals surface area (Å²) in [4.78, 5) is 11.8. The molecule has 0 radical (unpaired) electrons. The summed E-state index contributed by atoms with van der Waals surface area (Å²) < 4.78 is 28.8. The second kappa shape index (κ2) is 7.71. The van der Waals surface area contributed by atoms with E-state index in [2.05, 4.69) is 15.5 Å². The maximum absolute atomic E-state index is 11.8. The lowest BCUT2D eigenvalue weighted by molar-refractivity contribution is -0.118. The van der Waals surface area contributed by atoms with Crippen LogP contribution in [-0.2, 0) is 14.6 Å². The van der Waals surface area contributed by atoms with Crippen LogP contribution >= 0.6 is 22.9 Å². The van der Waals surface area contributed by atoms with Gasteiger partial charge in [0, 0.05) is 5.02 Å². The largest absolute Gasteiger partial charge is 0.484 e. The molecule has 10 heteroatoms. The number of amides is 1. The standard InChI is InChI=1S/C13H14ClN3O4S2/c1-2-7-23(19,20)13-17-16-12(22-13)15-11(18)8-21-10-5-3-9(14)4-6-10/h3-6H,2,7-8H2,1H3,(H,15,16,18). The van der Waals surface area contributed by atoms with Gasteiger partial charge < -0.3 is 4.74 Å². The van der Waals surface area contributed by atoms with E-state index in [0.717, 1.165) is 11.3 Å². The summed E-state index contributed by atoms with van der Waals surface area (Å²) in [5.74, 6) is 0.0264. The van der Waals surface area contributed by atoms with Gasteiger partial charge in [-0.2, -0.15) is 0 Å². The lowest BCUT2D eigenvalue weighted by Crippen LogP contribution is -2.20. The van der Waals surface area contributed by atoms with Gasteiger partial charge in [0.15, 0.2) is 6.61 Å². The van der Waals surface area contributed by atoms with E-state index in [4.69, 9.17) is 16.3 Å². The van der Waals surface area contributed by atoms with E-state index >= 15 is 0 Å². The number of rotatable bonds is 7. The molecule has 1 aromatic heterocycles. The minimum Gasteiger partial charge on any atom is -0.484 e. The molecular weight excluding hydrogens is 362 g/mol. The van der Waals surface area contributed by atoms with Crippen molar-refractivity contribution in [1.82, 2.24) is 10.2 Å². The molecule has 0 saturated heterocycles. The van der Waals surface area contributed by atoms with Gasteiger partial charge >= 0.3 is 0 Å². The third-order valence-corrected chi connectivity index (χ3v) is 6.03. The van der Waals surface area contributed by atoms with Crippen molar-refractivity contribution in [3.8, 4) is 5.75 Å². The average molecular weight is 376 g/mol. The molecule has 0 aliphatic rings. The molecule has 0 fully saturated rings. The van der Waals surface area contributed by atoms with Gasteiger partial charge in [-0.1, -0.05) is 29.9 Å². The van der Waals surface area contributed by atoms with Crippen LogP contribution in [0.1, 0.15) is 13.3 Å². The van der Waals surface area contributed by atoms with Gasteiger partial charge in [-0.15, -0.1) is 10.2 Å². The highest BCUT2D eigenvalue weighted by Crippen LogP contribution is 2.21. The fourth-order valence-electron chi connectivity index (χ4n) is 1.58. The van der Waals surface area contributed by atoms with Crippen LogP contribution in [0.5, 0.6) is 5.75 Å². The van der Waals surface area contributed by atoms with Crippen molar-refractivity contribution in [3.63, 3.8) is 0 Å². The summed E-state index contributed by atoms with van der Waals surface area (Å²) >= 11 is 6.56. The number of nitrogens with zero attached hydrogens (tertiary/aromatic N) is 2. The molecule has 1 heterocycles. The number of carbonyl (C=O) groups excluding carboxylic acids is 1. The molecule has 1 N–H and O–H groups in total. The van der Waals surface area contributed by atoms with Crippen molar-refractivity contribution < 1.29 is 17.9 Å². The Bertz CT molecular complexity index is 775. The molecule has 2 rings (SSSR count). The number of nitrogens with one attached hydrogen (secondary N) is 1. The molecular formula is C13H14ClN3O4S2. The summed E-state index contributed by atoms with van der Waals surface area (Å²) in [6, 6.07) is 6.56. The van der Waals surface area contributed by atoms with Crippen molar-refractivity contribution in [1.29, 1.82) is 0 Å². The average Bonchev–Trinajstić information content (AvgIpc) is 2.96. The molecule has 0 atom stereocenters. The van der Waals surface area contributed by atoms with Gasteiger partial charge in [0.05, 0.1) is 5.75 Å². The highest BCUT2D eigenvalue weighted by atomic mass is 35.5. The van der Waals surface area contributed by atoms with Crippen molar-refractivity contribution in [2.24, 2.45) is 0 Å². The van der Waals surface area contributed by atoms with Crippen molar-refractivity contribution in [2.45, 2.75) is 17.7 Å². The Kier molecular flexibility index (Phi) is 5.91. The Hall–Kier alpha value is -1.71. The minimum absolute atomic E-state index is 0.00470. The summed E-state index contributed by atoms with van der Waals surface area (Å²) in [6.45, 7) is 1.52. The van der Waals surface area contributed by atoms with Gasteiger partial charge in [0.2, 0.25) is 19.3 Å². The van der Waals surface area contributed by atoms with Gasteiger partial charge in [0.1, 0.15) is 5.75 Å². The molecule has 0 aliphatic carbocycles. The first kappa shape index (κ1) is 17.6. The number of anilines is 1. The van der Waals surface area contributed by atoms with Crippen molar-refractivity contribution >= 4 is 43.8 Å². The van der Waals surface area contributed by atoms with E-state index in [1.165, 1.54) is 0 Å². The van der Waals surface area contributed by atoms with Crippen LogP contribution in [0.4, 0.5) is 5.13 Å². The van der Waals surface area contributed by atoms with E-state index < -0.39 is 15.7 Å². The summed E-state index contributed by atoms with van der Waals surface area (Å²) in [6.07, 6.45) is 0.485. The first-order valence-electron chi connectivity index (χ1n) is 6.65. The lowest BCUT2D eigenvalue weighted by atomic mass is 10.3. The molecule has 23 heavy (non-hydrogen) atoms. The minimum atomic E-state index is -3.43. The molecule has 124 valence electrons. The Morgan fingerprint density at radius 3 is 2.65 bits per heavy atom. The third-order valence-electron chi connectivity index (χ3n) is 2.58. The van der Waals surface area contributed by atoms with Crippen LogP contribution in [0, 0.1) is 0 Å². The fraction of sp³-hybridized carbons (Fsp3) is 0.308. The lowest BCUT2D eigenvalue weighted by Gasteiger charge is -2.05. The summed E-state index contributed by atoms with van der Waals surface area (Å²) in [5, 5.41) is 10.4. The van der Waals surface area contributed by atoms with Gasteiger partial charge in [-0.25, -0.2) is 8.42 Å². The number of hydrogen-bond donors (Lipinski definition) is 1. The predicted molar refractivity (Wildman–Crippen MR) is 87.8 cm³/mol. The van der Waals surface area contributed by atoms with E-state index in [1.54, 1.807) is 31.2 Å². The maximum atomic E-state index is 11.8. The SMILES string of the molecule is CCCS(=O)(=O)c1nnc(NC(=O)COc2ccc(Cl)cc2)s1. The smallest absolute Gasteiger partial charge is 0.264 e. The zero-order valence-electron chi connectivity index (χ0n) is 12.2. The number of carbonyl (C=O) groups is 1. The molecule has 7 nitrogen and oxygen atoms in total. The molecule has 0 aliphatic heterocycles. The zero-order chi connectivity index (χ0) is 16.9. The van der Waals surface area contributed by atoms with E-state index in [-0.39, 0.29) is 21.8 Å². The second-order valence-corrected chi connectivity index (χ2v) is 8.18. The molecule has 0 spiro atoms. The maximum Gasteiger partial charge on any atom is 0.264 e. The van der Waals surface area contributed by atoms with E-state index in [0.29, 0.717) is 17.2 Å². The Balaban J connectivity index is 1.91. The molecule has 1 aromatic carbocycles. The number of benzene rings is 1. The van der Waals surface area contributed by atoms with Gasteiger partial charge in [-0.05, 0) is 30.7 Å². The zero-order valence-corrected chi connectivity index (χ0v) is 14.5. The van der Waals surface area contributed by atoms with Crippen LogP contribution in [0.25, 0.3) is 0 Å². The van der Waals surface area contributed by atoms with E-state index in [1.807, 2.05) is 0 Å². The molecule has 0 saturated carbocycles. The highest BCUT2D eigenvalue weighted by molar-refractivity contribution is 7.93. The number of hydrogen-bond acceptors (Lipinski definition) is 7. The second-order valence-electron chi connectivity index (χ2n) is 4.48. The number of sulfone groups is 1. The molecule has 2 aromatic rings. The highest BCUT2D eigenvalue weighted by Gasteiger charge is 2.20. The summed E-state index contributed by atoms with van der Waals surface area (Å²) in [7, 11) is -3.43. The van der Waals surface area contributed by atoms with Crippen LogP contribution in [0.2, 0.25) is 5.02 Å². The van der Waals surface area contributed by atoms with Gasteiger partial charge in [-0.3, -0.25) is 10.1 Å².